The molecule has 0 aliphatic carbocycles. The molecular weight excluding hydrogens is 286 g/mol. The summed E-state index contributed by atoms with van der Waals surface area (Å²) in [6, 6.07) is 19.6. The molecule has 0 fully saturated rings. The fourth-order valence-electron chi connectivity index (χ4n) is 2.47. The van der Waals surface area contributed by atoms with Crippen LogP contribution in [0.4, 0.5) is 0 Å². The molecule has 0 atom stereocenters. The lowest BCUT2D eigenvalue weighted by molar-refractivity contribution is 0.0944. The third-order valence-corrected chi connectivity index (χ3v) is 3.53. The normalized spacial score (nSPS) is 10.7. The highest BCUT2D eigenvalue weighted by molar-refractivity contribution is 6.00. The Morgan fingerprint density at radius 1 is 1.04 bits per heavy atom. The molecular formula is C19H19N3O. The monoisotopic (exact) mass is 305 g/mol. The largest absolute Gasteiger partial charge is 0.350 e. The van der Waals surface area contributed by atoms with Crippen molar-refractivity contribution in [2.75, 3.05) is 0 Å². The van der Waals surface area contributed by atoms with Gasteiger partial charge in [0.15, 0.2) is 0 Å². The van der Waals surface area contributed by atoms with E-state index in [1.807, 2.05) is 74.5 Å². The van der Waals surface area contributed by atoms with Gasteiger partial charge in [-0.3, -0.25) is 9.89 Å². The molecule has 0 bridgehead atoms. The molecule has 3 rings (SSSR count). The van der Waals surface area contributed by atoms with Crippen molar-refractivity contribution in [1.29, 1.82) is 0 Å². The van der Waals surface area contributed by atoms with Crippen molar-refractivity contribution in [2.24, 2.45) is 0 Å². The minimum absolute atomic E-state index is 0.0774. The van der Waals surface area contributed by atoms with Gasteiger partial charge in [-0.2, -0.15) is 5.10 Å². The lowest BCUT2D eigenvalue weighted by Crippen LogP contribution is -2.30. The summed E-state index contributed by atoms with van der Waals surface area (Å²) in [4.78, 5) is 12.4. The maximum Gasteiger partial charge on any atom is 0.252 e. The van der Waals surface area contributed by atoms with E-state index in [1.54, 1.807) is 0 Å². The highest BCUT2D eigenvalue weighted by Gasteiger charge is 2.15. The fourth-order valence-corrected chi connectivity index (χ4v) is 2.47. The Labute approximate surface area is 135 Å². The Hall–Kier alpha value is -2.88. The van der Waals surface area contributed by atoms with E-state index in [0.29, 0.717) is 5.56 Å². The van der Waals surface area contributed by atoms with Crippen molar-refractivity contribution < 1.29 is 4.79 Å². The van der Waals surface area contributed by atoms with E-state index in [0.717, 1.165) is 22.5 Å². The maximum atomic E-state index is 12.4. The number of aromatic amines is 1. The van der Waals surface area contributed by atoms with E-state index in [1.165, 1.54) is 0 Å². The van der Waals surface area contributed by atoms with Crippen LogP contribution in [0.15, 0.2) is 60.7 Å². The summed E-state index contributed by atoms with van der Waals surface area (Å²) in [5.74, 6) is -0.0774. The van der Waals surface area contributed by atoms with Gasteiger partial charge in [0, 0.05) is 22.7 Å². The van der Waals surface area contributed by atoms with Gasteiger partial charge >= 0.3 is 0 Å². The number of nitrogens with one attached hydrogen (secondary N) is 2. The van der Waals surface area contributed by atoms with E-state index >= 15 is 0 Å². The van der Waals surface area contributed by atoms with Gasteiger partial charge in [-0.05, 0) is 26.0 Å². The Bertz CT molecular complexity index is 806. The summed E-state index contributed by atoms with van der Waals surface area (Å²) < 4.78 is 0. The zero-order chi connectivity index (χ0) is 16.2. The highest BCUT2D eigenvalue weighted by atomic mass is 16.1. The molecule has 0 radical (unpaired) electrons. The number of H-pyrrole nitrogens is 1. The average Bonchev–Trinajstić information content (AvgIpc) is 3.05. The summed E-state index contributed by atoms with van der Waals surface area (Å²) in [6.07, 6.45) is 0. The molecule has 116 valence electrons. The van der Waals surface area contributed by atoms with E-state index in [9.17, 15) is 4.79 Å². The summed E-state index contributed by atoms with van der Waals surface area (Å²) in [7, 11) is 0. The lowest BCUT2D eigenvalue weighted by Gasteiger charge is -2.11. The van der Waals surface area contributed by atoms with Gasteiger partial charge in [0.2, 0.25) is 0 Å². The predicted molar refractivity (Wildman–Crippen MR) is 92.1 cm³/mol. The molecule has 0 aliphatic rings. The molecule has 3 aromatic rings. The summed E-state index contributed by atoms with van der Waals surface area (Å²) >= 11 is 0. The molecule has 0 unspecified atom stereocenters. The van der Waals surface area contributed by atoms with E-state index in [2.05, 4.69) is 15.5 Å². The SMILES string of the molecule is CC(C)NC(=O)c1ccccc1-c1cc(-c2ccccc2)n[nH]1. The molecule has 2 N–H and O–H groups in total. The molecule has 23 heavy (non-hydrogen) atoms. The summed E-state index contributed by atoms with van der Waals surface area (Å²) in [5, 5.41) is 10.3. The van der Waals surface area contributed by atoms with Gasteiger partial charge < -0.3 is 5.32 Å². The third-order valence-electron chi connectivity index (χ3n) is 3.53. The second kappa shape index (κ2) is 6.48. The number of nitrogens with zero attached hydrogens (tertiary/aromatic N) is 1. The van der Waals surface area contributed by atoms with Crippen LogP contribution in [-0.2, 0) is 0 Å². The summed E-state index contributed by atoms with van der Waals surface area (Å²) in [5.41, 5.74) is 4.22. The van der Waals surface area contributed by atoms with Crippen LogP contribution in [0.2, 0.25) is 0 Å². The average molecular weight is 305 g/mol. The van der Waals surface area contributed by atoms with Crippen molar-refractivity contribution in [3.63, 3.8) is 0 Å². The molecule has 4 heteroatoms. The van der Waals surface area contributed by atoms with Crippen molar-refractivity contribution in [3.8, 4) is 22.5 Å². The van der Waals surface area contributed by atoms with Crippen LogP contribution >= 0.6 is 0 Å². The zero-order valence-corrected chi connectivity index (χ0v) is 13.2. The number of aromatic nitrogens is 2. The molecule has 1 aromatic heterocycles. The molecule has 1 amide bonds. The molecule has 2 aromatic carbocycles. The molecule has 4 nitrogen and oxygen atoms in total. The molecule has 0 aliphatic heterocycles. The van der Waals surface area contributed by atoms with Gasteiger partial charge in [0.25, 0.3) is 5.91 Å². The maximum absolute atomic E-state index is 12.4. The van der Waals surface area contributed by atoms with Gasteiger partial charge in [-0.1, -0.05) is 48.5 Å². The second-order valence-electron chi connectivity index (χ2n) is 5.71. The number of carbonyl (C=O) groups excluding carboxylic acids is 1. The second-order valence-corrected chi connectivity index (χ2v) is 5.71. The number of hydrogen-bond acceptors (Lipinski definition) is 2. The van der Waals surface area contributed by atoms with Crippen LogP contribution in [0.3, 0.4) is 0 Å². The first-order valence-corrected chi connectivity index (χ1v) is 7.66. The van der Waals surface area contributed by atoms with Gasteiger partial charge in [0.05, 0.1) is 11.4 Å². The summed E-state index contributed by atoms with van der Waals surface area (Å²) in [6.45, 7) is 3.90. The first kappa shape index (κ1) is 15.0. The zero-order valence-electron chi connectivity index (χ0n) is 13.2. The van der Waals surface area contributed by atoms with Crippen LogP contribution < -0.4 is 5.32 Å². The molecule has 1 heterocycles. The highest BCUT2D eigenvalue weighted by Crippen LogP contribution is 2.26. The number of benzene rings is 2. The molecule has 0 spiro atoms. The van der Waals surface area contributed by atoms with Crippen LogP contribution in [0.25, 0.3) is 22.5 Å². The lowest BCUT2D eigenvalue weighted by atomic mass is 10.0. The van der Waals surface area contributed by atoms with Crippen molar-refractivity contribution in [3.05, 3.63) is 66.2 Å². The number of carbonyl (C=O) groups is 1. The van der Waals surface area contributed by atoms with Crippen molar-refractivity contribution in [2.45, 2.75) is 19.9 Å². The smallest absolute Gasteiger partial charge is 0.252 e. The van der Waals surface area contributed by atoms with Gasteiger partial charge in [0.1, 0.15) is 0 Å². The first-order chi connectivity index (χ1) is 11.1. The van der Waals surface area contributed by atoms with E-state index in [4.69, 9.17) is 0 Å². The number of amides is 1. The van der Waals surface area contributed by atoms with Gasteiger partial charge in [-0.25, -0.2) is 0 Å². The standard InChI is InChI=1S/C19H19N3O/c1-13(2)20-19(23)16-11-7-6-10-15(16)18-12-17(21-22-18)14-8-4-3-5-9-14/h3-13H,1-2H3,(H,20,23)(H,21,22). The van der Waals surface area contributed by atoms with Crippen LogP contribution in [0, 0.1) is 0 Å². The quantitative estimate of drug-likeness (QED) is 0.768. The van der Waals surface area contributed by atoms with Gasteiger partial charge in [-0.15, -0.1) is 0 Å². The number of hydrogen-bond donors (Lipinski definition) is 2. The predicted octanol–water partition coefficient (Wildman–Crippen LogP) is 3.88. The molecule has 0 saturated heterocycles. The Morgan fingerprint density at radius 3 is 2.48 bits per heavy atom. The number of rotatable bonds is 4. The topological polar surface area (TPSA) is 57.8 Å². The minimum atomic E-state index is -0.0774. The Kier molecular flexibility index (Phi) is 4.24. The van der Waals surface area contributed by atoms with Crippen LogP contribution in [-0.4, -0.2) is 22.1 Å². The minimum Gasteiger partial charge on any atom is -0.350 e. The Morgan fingerprint density at radius 2 is 1.74 bits per heavy atom. The first-order valence-electron chi connectivity index (χ1n) is 7.66. The van der Waals surface area contributed by atoms with E-state index in [-0.39, 0.29) is 11.9 Å². The van der Waals surface area contributed by atoms with E-state index < -0.39 is 0 Å². The fraction of sp³-hybridized carbons (Fsp3) is 0.158. The van der Waals surface area contributed by atoms with Crippen LogP contribution in [0.5, 0.6) is 0 Å². The Balaban J connectivity index is 1.97. The van der Waals surface area contributed by atoms with Crippen molar-refractivity contribution in [1.82, 2.24) is 15.5 Å². The molecule has 0 saturated carbocycles. The third kappa shape index (κ3) is 3.31. The van der Waals surface area contributed by atoms with Crippen LogP contribution in [0.1, 0.15) is 24.2 Å². The van der Waals surface area contributed by atoms with Crippen molar-refractivity contribution >= 4 is 5.91 Å².